The highest BCUT2D eigenvalue weighted by Crippen LogP contribution is 2.22. The van der Waals surface area contributed by atoms with E-state index in [-0.39, 0.29) is 5.56 Å². The summed E-state index contributed by atoms with van der Waals surface area (Å²) in [5.41, 5.74) is 1.39. The van der Waals surface area contributed by atoms with E-state index in [2.05, 4.69) is 10.1 Å². The summed E-state index contributed by atoms with van der Waals surface area (Å²) >= 11 is 5.72. The molecule has 5 heteroatoms. The van der Waals surface area contributed by atoms with Crippen molar-refractivity contribution in [2.75, 3.05) is 5.88 Å². The summed E-state index contributed by atoms with van der Waals surface area (Å²) in [5, 5.41) is 5.97. The predicted molar refractivity (Wildman–Crippen MR) is 84.6 cm³/mol. The minimum atomic E-state index is -0.0876. The van der Waals surface area contributed by atoms with Crippen LogP contribution in [-0.4, -0.2) is 20.6 Å². The Morgan fingerprint density at radius 3 is 2.52 bits per heavy atom. The van der Waals surface area contributed by atoms with Gasteiger partial charge in [-0.25, -0.2) is 4.68 Å². The van der Waals surface area contributed by atoms with E-state index in [4.69, 9.17) is 11.6 Å². The zero-order chi connectivity index (χ0) is 14.7. The number of halogens is 1. The van der Waals surface area contributed by atoms with Gasteiger partial charge in [0.15, 0.2) is 0 Å². The Hall–Kier alpha value is -2.20. The molecule has 0 unspecified atom stereocenters. The quantitative estimate of drug-likeness (QED) is 0.696. The first-order valence-corrected chi connectivity index (χ1v) is 7.32. The summed E-state index contributed by atoms with van der Waals surface area (Å²) in [6.45, 7) is 0.507. The Bertz CT molecular complexity index is 815. The largest absolute Gasteiger partial charge is 0.274 e. The first-order valence-electron chi connectivity index (χ1n) is 6.78. The van der Waals surface area contributed by atoms with Crippen molar-refractivity contribution in [2.45, 2.75) is 13.0 Å². The summed E-state index contributed by atoms with van der Waals surface area (Å²) in [7, 11) is 0. The van der Waals surface area contributed by atoms with Crippen LogP contribution in [0.3, 0.4) is 0 Å². The Morgan fingerprint density at radius 2 is 1.81 bits per heavy atom. The Labute approximate surface area is 127 Å². The second kappa shape index (κ2) is 6.06. The standard InChI is InChI=1S/C16H14ClN3O/c17-9-5-11-20-16(21)13-7-2-1-6-12(13)15(19-20)14-8-3-4-10-18-14/h1-4,6-8,10H,5,9,11H2. The molecule has 4 nitrogen and oxygen atoms in total. The second-order valence-corrected chi connectivity index (χ2v) is 5.06. The van der Waals surface area contributed by atoms with Gasteiger partial charge in [-0.2, -0.15) is 5.10 Å². The fourth-order valence-electron chi connectivity index (χ4n) is 2.29. The molecule has 0 amide bonds. The second-order valence-electron chi connectivity index (χ2n) is 4.68. The normalized spacial score (nSPS) is 10.9. The number of aromatic nitrogens is 3. The summed E-state index contributed by atoms with van der Waals surface area (Å²) in [4.78, 5) is 16.8. The predicted octanol–water partition coefficient (Wildman–Crippen LogP) is 3.09. The molecule has 0 saturated carbocycles. The number of benzene rings is 1. The highest BCUT2D eigenvalue weighted by molar-refractivity contribution is 6.17. The number of nitrogens with zero attached hydrogens (tertiary/aromatic N) is 3. The molecule has 0 bridgehead atoms. The minimum Gasteiger partial charge on any atom is -0.267 e. The topological polar surface area (TPSA) is 47.8 Å². The van der Waals surface area contributed by atoms with Crippen LogP contribution in [-0.2, 0) is 6.54 Å². The Balaban J connectivity index is 2.27. The molecule has 1 aromatic carbocycles. The molecular weight excluding hydrogens is 286 g/mol. The number of hydrogen-bond acceptors (Lipinski definition) is 3. The van der Waals surface area contributed by atoms with Gasteiger partial charge in [-0.05, 0) is 24.6 Å². The SMILES string of the molecule is O=c1c2ccccc2c(-c2ccccn2)nn1CCCCl. The van der Waals surface area contributed by atoms with Crippen LogP contribution in [0.15, 0.2) is 53.5 Å². The van der Waals surface area contributed by atoms with Crippen molar-refractivity contribution in [3.8, 4) is 11.4 Å². The zero-order valence-corrected chi connectivity index (χ0v) is 12.1. The molecule has 0 saturated heterocycles. The van der Waals surface area contributed by atoms with E-state index in [1.165, 1.54) is 4.68 Å². The maximum Gasteiger partial charge on any atom is 0.274 e. The summed E-state index contributed by atoms with van der Waals surface area (Å²) in [6.07, 6.45) is 2.43. The number of alkyl halides is 1. The van der Waals surface area contributed by atoms with E-state index >= 15 is 0 Å². The van der Waals surface area contributed by atoms with E-state index in [9.17, 15) is 4.79 Å². The molecule has 3 rings (SSSR count). The van der Waals surface area contributed by atoms with Gasteiger partial charge in [0.25, 0.3) is 5.56 Å². The zero-order valence-electron chi connectivity index (χ0n) is 11.4. The van der Waals surface area contributed by atoms with Crippen LogP contribution in [0.5, 0.6) is 0 Å². The van der Waals surface area contributed by atoms with Crippen molar-refractivity contribution in [2.24, 2.45) is 0 Å². The molecular formula is C16H14ClN3O. The third kappa shape index (κ3) is 2.67. The van der Waals surface area contributed by atoms with Crippen LogP contribution in [0.25, 0.3) is 22.2 Å². The van der Waals surface area contributed by atoms with Gasteiger partial charge in [-0.15, -0.1) is 11.6 Å². The average molecular weight is 300 g/mol. The molecule has 21 heavy (non-hydrogen) atoms. The fraction of sp³-hybridized carbons (Fsp3) is 0.188. The Kier molecular flexibility index (Phi) is 3.97. The van der Waals surface area contributed by atoms with Crippen LogP contribution in [0.4, 0.5) is 0 Å². The summed E-state index contributed by atoms with van der Waals surface area (Å²) in [5.74, 6) is 0.500. The highest BCUT2D eigenvalue weighted by Gasteiger charge is 2.12. The lowest BCUT2D eigenvalue weighted by molar-refractivity contribution is 0.578. The average Bonchev–Trinajstić information content (AvgIpc) is 2.55. The minimum absolute atomic E-state index is 0.0876. The lowest BCUT2D eigenvalue weighted by Crippen LogP contribution is -2.24. The molecule has 0 aliphatic heterocycles. The third-order valence-electron chi connectivity index (χ3n) is 3.28. The first-order chi connectivity index (χ1) is 10.3. The molecule has 0 aliphatic rings. The number of fused-ring (bicyclic) bond motifs is 1. The van der Waals surface area contributed by atoms with Crippen molar-refractivity contribution in [3.05, 3.63) is 59.0 Å². The van der Waals surface area contributed by atoms with Gasteiger partial charge in [-0.3, -0.25) is 9.78 Å². The monoisotopic (exact) mass is 299 g/mol. The van der Waals surface area contributed by atoms with Gasteiger partial charge < -0.3 is 0 Å². The fourth-order valence-corrected chi connectivity index (χ4v) is 2.41. The van der Waals surface area contributed by atoms with E-state index in [0.717, 1.165) is 16.8 Å². The maximum atomic E-state index is 12.5. The smallest absolute Gasteiger partial charge is 0.267 e. The number of rotatable bonds is 4. The van der Waals surface area contributed by atoms with Crippen molar-refractivity contribution in [1.29, 1.82) is 0 Å². The molecule has 2 aromatic heterocycles. The van der Waals surface area contributed by atoms with E-state index in [0.29, 0.717) is 24.2 Å². The highest BCUT2D eigenvalue weighted by atomic mass is 35.5. The van der Waals surface area contributed by atoms with E-state index in [1.807, 2.05) is 42.5 Å². The number of aryl methyl sites for hydroxylation is 1. The molecule has 0 atom stereocenters. The van der Waals surface area contributed by atoms with Gasteiger partial charge in [0.05, 0.1) is 11.1 Å². The summed E-state index contributed by atoms with van der Waals surface area (Å²) < 4.78 is 1.48. The molecule has 3 aromatic rings. The lowest BCUT2D eigenvalue weighted by Gasteiger charge is -2.10. The number of hydrogen-bond donors (Lipinski definition) is 0. The molecule has 0 fully saturated rings. The molecule has 106 valence electrons. The van der Waals surface area contributed by atoms with Gasteiger partial charge in [0, 0.05) is 24.0 Å². The molecule has 0 radical (unpaired) electrons. The van der Waals surface area contributed by atoms with Crippen LogP contribution in [0.2, 0.25) is 0 Å². The molecule has 0 aliphatic carbocycles. The van der Waals surface area contributed by atoms with Gasteiger partial charge >= 0.3 is 0 Å². The van der Waals surface area contributed by atoms with Crippen LogP contribution in [0, 0.1) is 0 Å². The molecule has 2 heterocycles. The lowest BCUT2D eigenvalue weighted by atomic mass is 10.1. The Morgan fingerprint density at radius 1 is 1.05 bits per heavy atom. The number of pyridine rings is 1. The van der Waals surface area contributed by atoms with Crippen molar-refractivity contribution < 1.29 is 0 Å². The van der Waals surface area contributed by atoms with Crippen LogP contribution in [0.1, 0.15) is 6.42 Å². The van der Waals surface area contributed by atoms with Crippen LogP contribution >= 0.6 is 11.6 Å². The van der Waals surface area contributed by atoms with Crippen molar-refractivity contribution in [1.82, 2.24) is 14.8 Å². The van der Waals surface area contributed by atoms with E-state index < -0.39 is 0 Å². The maximum absolute atomic E-state index is 12.5. The molecule has 0 spiro atoms. The molecule has 0 N–H and O–H groups in total. The van der Waals surface area contributed by atoms with Gasteiger partial charge in [0.1, 0.15) is 5.69 Å². The van der Waals surface area contributed by atoms with Gasteiger partial charge in [-0.1, -0.05) is 24.3 Å². The summed E-state index contributed by atoms with van der Waals surface area (Å²) in [6, 6.07) is 13.1. The van der Waals surface area contributed by atoms with Gasteiger partial charge in [0.2, 0.25) is 0 Å². The van der Waals surface area contributed by atoms with Crippen molar-refractivity contribution >= 4 is 22.4 Å². The van der Waals surface area contributed by atoms with E-state index in [1.54, 1.807) is 6.20 Å². The first kappa shape index (κ1) is 13.8. The third-order valence-corrected chi connectivity index (χ3v) is 3.55. The van der Waals surface area contributed by atoms with Crippen LogP contribution < -0.4 is 5.56 Å². The van der Waals surface area contributed by atoms with Crippen molar-refractivity contribution in [3.63, 3.8) is 0 Å².